The number of amides is 1. The summed E-state index contributed by atoms with van der Waals surface area (Å²) in [5, 5.41) is 2.85. The number of alkyl halides is 3. The van der Waals surface area contributed by atoms with Crippen LogP contribution in [0.15, 0.2) is 54.6 Å². The highest BCUT2D eigenvalue weighted by atomic mass is 19.4. The second kappa shape index (κ2) is 8.57. The lowest BCUT2D eigenvalue weighted by Gasteiger charge is -2.16. The van der Waals surface area contributed by atoms with E-state index in [0.717, 1.165) is 38.2 Å². The molecule has 144 valence electrons. The highest BCUT2D eigenvalue weighted by Gasteiger charge is 2.30. The number of benzene rings is 2. The quantitative estimate of drug-likeness (QED) is 0.831. The molecule has 2 aromatic carbocycles. The topological polar surface area (TPSA) is 32.3 Å². The number of halogens is 3. The Kier molecular flexibility index (Phi) is 6.16. The molecular formula is C21H23F3N2O. The van der Waals surface area contributed by atoms with Gasteiger partial charge in [-0.2, -0.15) is 13.2 Å². The Balaban J connectivity index is 1.39. The Morgan fingerprint density at radius 2 is 1.78 bits per heavy atom. The molecule has 0 radical (unpaired) electrons. The number of nitrogens with one attached hydrogen (secondary N) is 1. The summed E-state index contributed by atoms with van der Waals surface area (Å²) in [7, 11) is 0. The lowest BCUT2D eigenvalue weighted by Crippen LogP contribution is -2.34. The fourth-order valence-corrected chi connectivity index (χ4v) is 3.45. The average molecular weight is 376 g/mol. The van der Waals surface area contributed by atoms with Crippen LogP contribution in [-0.4, -0.2) is 37.0 Å². The van der Waals surface area contributed by atoms with E-state index >= 15 is 0 Å². The van der Waals surface area contributed by atoms with Gasteiger partial charge < -0.3 is 10.2 Å². The van der Waals surface area contributed by atoms with Crippen molar-refractivity contribution in [3.05, 3.63) is 71.3 Å². The predicted molar refractivity (Wildman–Crippen MR) is 98.4 cm³/mol. The minimum absolute atomic E-state index is 0.0881. The molecule has 27 heavy (non-hydrogen) atoms. The first kappa shape index (κ1) is 19.4. The van der Waals surface area contributed by atoms with E-state index in [-0.39, 0.29) is 12.3 Å². The van der Waals surface area contributed by atoms with Crippen molar-refractivity contribution in [1.82, 2.24) is 10.2 Å². The Bertz CT molecular complexity index is 744. The Labute approximate surface area is 157 Å². The van der Waals surface area contributed by atoms with Crippen molar-refractivity contribution in [3.63, 3.8) is 0 Å². The molecule has 1 unspecified atom stereocenters. The van der Waals surface area contributed by atoms with Crippen LogP contribution in [-0.2, 0) is 17.4 Å². The van der Waals surface area contributed by atoms with Crippen molar-refractivity contribution in [1.29, 1.82) is 0 Å². The third kappa shape index (κ3) is 5.57. The smallest absolute Gasteiger partial charge is 0.355 e. The molecule has 0 saturated carbocycles. The van der Waals surface area contributed by atoms with E-state index in [2.05, 4.69) is 34.5 Å². The molecule has 1 saturated heterocycles. The van der Waals surface area contributed by atoms with Gasteiger partial charge in [0.1, 0.15) is 0 Å². The number of hydrogen-bond donors (Lipinski definition) is 1. The molecule has 1 heterocycles. The van der Waals surface area contributed by atoms with E-state index < -0.39 is 11.7 Å². The van der Waals surface area contributed by atoms with Crippen molar-refractivity contribution in [2.24, 2.45) is 0 Å². The Hall–Kier alpha value is -2.34. The van der Waals surface area contributed by atoms with Crippen molar-refractivity contribution < 1.29 is 18.0 Å². The largest absolute Gasteiger partial charge is 0.416 e. The van der Waals surface area contributed by atoms with Gasteiger partial charge in [-0.3, -0.25) is 4.79 Å². The van der Waals surface area contributed by atoms with E-state index in [1.165, 1.54) is 17.7 Å². The van der Waals surface area contributed by atoms with Gasteiger partial charge in [0.2, 0.25) is 5.91 Å². The normalized spacial score (nSPS) is 17.8. The fraction of sp³-hybridized carbons (Fsp3) is 0.381. The maximum atomic E-state index is 12.5. The molecule has 1 amide bonds. The zero-order valence-corrected chi connectivity index (χ0v) is 15.0. The Morgan fingerprint density at radius 1 is 1.07 bits per heavy atom. The molecule has 0 bridgehead atoms. The van der Waals surface area contributed by atoms with Crippen LogP contribution in [0.1, 0.15) is 29.0 Å². The number of rotatable bonds is 6. The molecule has 0 aromatic heterocycles. The molecular weight excluding hydrogens is 353 g/mol. The van der Waals surface area contributed by atoms with Crippen LogP contribution in [0.4, 0.5) is 13.2 Å². The molecule has 1 fully saturated rings. The highest BCUT2D eigenvalue weighted by molar-refractivity contribution is 5.78. The van der Waals surface area contributed by atoms with Crippen molar-refractivity contribution in [2.45, 2.75) is 24.9 Å². The summed E-state index contributed by atoms with van der Waals surface area (Å²) in [6.07, 6.45) is -3.15. The first-order chi connectivity index (χ1) is 12.9. The lowest BCUT2D eigenvalue weighted by molar-refractivity contribution is -0.137. The zero-order valence-electron chi connectivity index (χ0n) is 15.0. The van der Waals surface area contributed by atoms with Gasteiger partial charge in [0.05, 0.1) is 12.0 Å². The number of hydrogen-bond acceptors (Lipinski definition) is 2. The molecule has 6 heteroatoms. The average Bonchev–Trinajstić information content (AvgIpc) is 3.11. The van der Waals surface area contributed by atoms with Gasteiger partial charge in [0, 0.05) is 19.6 Å². The second-order valence-corrected chi connectivity index (χ2v) is 6.92. The molecule has 3 nitrogen and oxygen atoms in total. The van der Waals surface area contributed by atoms with Gasteiger partial charge in [-0.25, -0.2) is 0 Å². The van der Waals surface area contributed by atoms with Crippen LogP contribution in [0.5, 0.6) is 0 Å². The Morgan fingerprint density at radius 3 is 2.44 bits per heavy atom. The van der Waals surface area contributed by atoms with Crippen molar-refractivity contribution in [3.8, 4) is 0 Å². The van der Waals surface area contributed by atoms with E-state index in [9.17, 15) is 18.0 Å². The second-order valence-electron chi connectivity index (χ2n) is 6.92. The molecule has 1 N–H and O–H groups in total. The summed E-state index contributed by atoms with van der Waals surface area (Å²) in [6, 6.07) is 15.2. The molecule has 0 aliphatic carbocycles. The summed E-state index contributed by atoms with van der Waals surface area (Å²) >= 11 is 0. The minimum atomic E-state index is -4.35. The van der Waals surface area contributed by atoms with Gasteiger partial charge >= 0.3 is 6.18 Å². The van der Waals surface area contributed by atoms with Crippen LogP contribution in [0.3, 0.4) is 0 Å². The summed E-state index contributed by atoms with van der Waals surface area (Å²) in [5.41, 5.74) is 1.23. The van der Waals surface area contributed by atoms with Crippen LogP contribution < -0.4 is 5.32 Å². The van der Waals surface area contributed by atoms with Gasteiger partial charge in [0.15, 0.2) is 0 Å². The molecule has 1 aliphatic rings. The molecule has 1 atom stereocenters. The van der Waals surface area contributed by atoms with E-state index in [0.29, 0.717) is 18.0 Å². The van der Waals surface area contributed by atoms with Gasteiger partial charge in [-0.1, -0.05) is 42.5 Å². The standard InChI is InChI=1S/C21H23F3N2O/c22-21(23,24)19-8-6-16(7-9-19)14-20(27)25-11-13-26-12-10-18(15-26)17-4-2-1-3-5-17/h1-9,18H,10-15H2,(H,25,27). The summed E-state index contributed by atoms with van der Waals surface area (Å²) < 4.78 is 37.6. The predicted octanol–water partition coefficient (Wildman–Crippen LogP) is 3.85. The number of carbonyl (C=O) groups excluding carboxylic acids is 1. The number of carbonyl (C=O) groups is 1. The van der Waals surface area contributed by atoms with E-state index in [4.69, 9.17) is 0 Å². The van der Waals surface area contributed by atoms with Gasteiger partial charge in [0.25, 0.3) is 0 Å². The SMILES string of the molecule is O=C(Cc1ccc(C(F)(F)F)cc1)NCCN1CCC(c2ccccc2)C1. The van der Waals surface area contributed by atoms with Crippen LogP contribution in [0, 0.1) is 0 Å². The van der Waals surface area contributed by atoms with Crippen molar-refractivity contribution >= 4 is 5.91 Å². The maximum Gasteiger partial charge on any atom is 0.416 e. The van der Waals surface area contributed by atoms with Gasteiger partial charge in [-0.05, 0) is 42.1 Å². The summed E-state index contributed by atoms with van der Waals surface area (Å²) in [6.45, 7) is 3.32. The zero-order chi connectivity index (χ0) is 19.3. The monoisotopic (exact) mass is 376 g/mol. The van der Waals surface area contributed by atoms with Gasteiger partial charge in [-0.15, -0.1) is 0 Å². The highest BCUT2D eigenvalue weighted by Crippen LogP contribution is 2.29. The third-order valence-electron chi connectivity index (χ3n) is 4.94. The summed E-state index contributed by atoms with van der Waals surface area (Å²) in [5.74, 6) is 0.364. The molecule has 2 aromatic rings. The number of nitrogens with zero attached hydrogens (tertiary/aromatic N) is 1. The molecule has 3 rings (SSSR count). The fourth-order valence-electron chi connectivity index (χ4n) is 3.45. The lowest BCUT2D eigenvalue weighted by atomic mass is 9.99. The van der Waals surface area contributed by atoms with Crippen molar-refractivity contribution in [2.75, 3.05) is 26.2 Å². The van der Waals surface area contributed by atoms with Crippen LogP contribution in [0.2, 0.25) is 0 Å². The molecule has 0 spiro atoms. The van der Waals surface area contributed by atoms with Crippen LogP contribution in [0.25, 0.3) is 0 Å². The van der Waals surface area contributed by atoms with E-state index in [1.807, 2.05) is 6.07 Å². The van der Waals surface area contributed by atoms with E-state index in [1.54, 1.807) is 0 Å². The third-order valence-corrected chi connectivity index (χ3v) is 4.94. The molecule has 1 aliphatic heterocycles. The number of likely N-dealkylation sites (tertiary alicyclic amines) is 1. The first-order valence-electron chi connectivity index (χ1n) is 9.12. The first-order valence-corrected chi connectivity index (χ1v) is 9.12. The minimum Gasteiger partial charge on any atom is -0.355 e. The maximum absolute atomic E-state index is 12.5. The van der Waals surface area contributed by atoms with Crippen LogP contribution >= 0.6 is 0 Å². The summed E-state index contributed by atoms with van der Waals surface area (Å²) in [4.78, 5) is 14.3.